The van der Waals surface area contributed by atoms with Crippen LogP contribution < -0.4 is 21.2 Å². The van der Waals surface area contributed by atoms with E-state index in [1.54, 1.807) is 31.2 Å². The van der Waals surface area contributed by atoms with Crippen LogP contribution in [-0.4, -0.2) is 36.6 Å². The fourth-order valence-corrected chi connectivity index (χ4v) is 1.47. The van der Waals surface area contributed by atoms with Gasteiger partial charge in [0.2, 0.25) is 0 Å². The summed E-state index contributed by atoms with van der Waals surface area (Å²) in [6.07, 6.45) is 2.03. The number of nitrogens with zero attached hydrogens (tertiary/aromatic N) is 1. The van der Waals surface area contributed by atoms with Crippen molar-refractivity contribution in [3.05, 3.63) is 29.8 Å². The molecule has 0 aliphatic rings. The monoisotopic (exact) mass is 320 g/mol. The van der Waals surface area contributed by atoms with E-state index in [2.05, 4.69) is 15.8 Å². The summed E-state index contributed by atoms with van der Waals surface area (Å²) in [5, 5.41) is 6.22. The Bertz CT molecular complexity index is 601. The van der Waals surface area contributed by atoms with Gasteiger partial charge in [0.1, 0.15) is 5.75 Å². The van der Waals surface area contributed by atoms with Gasteiger partial charge in [-0.3, -0.25) is 14.4 Å². The molecule has 0 aliphatic heterocycles. The summed E-state index contributed by atoms with van der Waals surface area (Å²) in [6, 6.07) is 6.65. The number of nitrogens with two attached hydrogens (primary N) is 1. The summed E-state index contributed by atoms with van der Waals surface area (Å²) in [7, 11) is 0. The molecule has 4 N–H and O–H groups in total. The highest BCUT2D eigenvalue weighted by atomic mass is 16.5. The molecule has 3 amide bonds. The normalized spacial score (nSPS) is 11.7. The first-order chi connectivity index (χ1) is 10.9. The van der Waals surface area contributed by atoms with Crippen LogP contribution in [0.3, 0.4) is 0 Å². The van der Waals surface area contributed by atoms with E-state index >= 15 is 0 Å². The summed E-state index contributed by atoms with van der Waals surface area (Å²) >= 11 is 0. The molecule has 8 heteroatoms. The van der Waals surface area contributed by atoms with Gasteiger partial charge in [0.15, 0.2) is 6.61 Å². The summed E-state index contributed by atoms with van der Waals surface area (Å²) in [5.41, 5.74) is 7.66. The van der Waals surface area contributed by atoms with Gasteiger partial charge in [-0.05, 0) is 25.5 Å². The van der Waals surface area contributed by atoms with E-state index in [0.29, 0.717) is 17.7 Å². The van der Waals surface area contributed by atoms with E-state index in [4.69, 9.17) is 10.5 Å². The molecule has 0 bridgehead atoms. The van der Waals surface area contributed by atoms with E-state index in [1.165, 1.54) is 6.21 Å². The predicted molar refractivity (Wildman–Crippen MR) is 84.8 cm³/mol. The van der Waals surface area contributed by atoms with Crippen molar-refractivity contribution in [1.29, 1.82) is 0 Å². The molecule has 0 spiro atoms. The molecule has 23 heavy (non-hydrogen) atoms. The Morgan fingerprint density at radius 2 is 2.00 bits per heavy atom. The van der Waals surface area contributed by atoms with E-state index < -0.39 is 17.7 Å². The lowest BCUT2D eigenvalue weighted by Gasteiger charge is -2.09. The summed E-state index contributed by atoms with van der Waals surface area (Å²) < 4.78 is 5.21. The van der Waals surface area contributed by atoms with Crippen LogP contribution >= 0.6 is 0 Å². The number of carbonyl (C=O) groups is 3. The molecule has 8 nitrogen and oxygen atoms in total. The molecule has 0 aromatic heterocycles. The van der Waals surface area contributed by atoms with Crippen molar-refractivity contribution in [2.24, 2.45) is 10.8 Å². The van der Waals surface area contributed by atoms with Crippen molar-refractivity contribution in [2.45, 2.75) is 26.3 Å². The Hall–Kier alpha value is -2.90. The molecular formula is C15H20N4O4. The average molecular weight is 320 g/mol. The van der Waals surface area contributed by atoms with Gasteiger partial charge < -0.3 is 15.8 Å². The van der Waals surface area contributed by atoms with Crippen LogP contribution in [0.15, 0.2) is 29.4 Å². The number of hydrogen-bond acceptors (Lipinski definition) is 5. The van der Waals surface area contributed by atoms with Gasteiger partial charge in [-0.15, -0.1) is 0 Å². The zero-order valence-corrected chi connectivity index (χ0v) is 13.0. The molecule has 0 radical (unpaired) electrons. The molecule has 1 aromatic carbocycles. The van der Waals surface area contributed by atoms with Gasteiger partial charge in [0.05, 0.1) is 6.21 Å². The van der Waals surface area contributed by atoms with Crippen LogP contribution in [0.4, 0.5) is 0 Å². The lowest BCUT2D eigenvalue weighted by molar-refractivity contribution is -0.139. The maximum atomic E-state index is 11.6. The number of rotatable bonds is 7. The second-order valence-electron chi connectivity index (χ2n) is 4.77. The van der Waals surface area contributed by atoms with E-state index in [0.717, 1.165) is 0 Å². The fraction of sp³-hybridized carbons (Fsp3) is 0.333. The second kappa shape index (κ2) is 9.19. The van der Waals surface area contributed by atoms with Gasteiger partial charge in [-0.2, -0.15) is 5.10 Å². The zero-order valence-electron chi connectivity index (χ0n) is 13.0. The molecule has 0 saturated heterocycles. The van der Waals surface area contributed by atoms with Crippen LogP contribution in [0.25, 0.3) is 0 Å². The highest BCUT2D eigenvalue weighted by molar-refractivity contribution is 6.35. The minimum Gasteiger partial charge on any atom is -0.483 e. The molecule has 1 atom stereocenters. The van der Waals surface area contributed by atoms with Gasteiger partial charge in [0, 0.05) is 11.6 Å². The quantitative estimate of drug-likeness (QED) is 0.369. The number of nitrogens with one attached hydrogen (secondary N) is 2. The second-order valence-corrected chi connectivity index (χ2v) is 4.77. The Balaban J connectivity index is 2.62. The van der Waals surface area contributed by atoms with Crippen molar-refractivity contribution in [3.8, 4) is 5.75 Å². The molecule has 1 rings (SSSR count). The zero-order chi connectivity index (χ0) is 17.2. The SMILES string of the molecule is CC[C@H](C)NC(=O)C(=O)N/N=C\c1ccccc1OCC(N)=O. The fourth-order valence-electron chi connectivity index (χ4n) is 1.47. The lowest BCUT2D eigenvalue weighted by Crippen LogP contribution is -2.41. The Labute approximate surface area is 134 Å². The Kier molecular flexibility index (Phi) is 7.25. The number of benzene rings is 1. The van der Waals surface area contributed by atoms with Gasteiger partial charge in [-0.25, -0.2) is 5.43 Å². The minimum atomic E-state index is -0.864. The van der Waals surface area contributed by atoms with Crippen molar-refractivity contribution in [1.82, 2.24) is 10.7 Å². The summed E-state index contributed by atoms with van der Waals surface area (Å²) in [6.45, 7) is 3.42. The number of hydrogen-bond donors (Lipinski definition) is 3. The third kappa shape index (κ3) is 6.60. The molecule has 0 fully saturated rings. The first kappa shape index (κ1) is 18.1. The van der Waals surface area contributed by atoms with Crippen LogP contribution in [0.2, 0.25) is 0 Å². The smallest absolute Gasteiger partial charge is 0.329 e. The number of para-hydroxylation sites is 1. The van der Waals surface area contributed by atoms with Crippen molar-refractivity contribution in [3.63, 3.8) is 0 Å². The van der Waals surface area contributed by atoms with Gasteiger partial charge in [-0.1, -0.05) is 19.1 Å². The molecule has 0 saturated carbocycles. The third-order valence-corrected chi connectivity index (χ3v) is 2.85. The first-order valence-electron chi connectivity index (χ1n) is 7.08. The summed E-state index contributed by atoms with van der Waals surface area (Å²) in [5.74, 6) is -1.84. The number of amides is 3. The Morgan fingerprint density at radius 1 is 1.30 bits per heavy atom. The average Bonchev–Trinajstić information content (AvgIpc) is 2.53. The van der Waals surface area contributed by atoms with Crippen molar-refractivity contribution in [2.75, 3.05) is 6.61 Å². The van der Waals surface area contributed by atoms with E-state index in [-0.39, 0.29) is 12.6 Å². The number of primary amides is 1. The van der Waals surface area contributed by atoms with Gasteiger partial charge in [0.25, 0.3) is 5.91 Å². The minimum absolute atomic E-state index is 0.0971. The third-order valence-electron chi connectivity index (χ3n) is 2.85. The largest absolute Gasteiger partial charge is 0.483 e. The van der Waals surface area contributed by atoms with Crippen molar-refractivity contribution < 1.29 is 19.1 Å². The number of hydrazone groups is 1. The molecular weight excluding hydrogens is 300 g/mol. The van der Waals surface area contributed by atoms with Crippen molar-refractivity contribution >= 4 is 23.9 Å². The number of ether oxygens (including phenoxy) is 1. The topological polar surface area (TPSA) is 123 Å². The molecule has 0 heterocycles. The van der Waals surface area contributed by atoms with Crippen LogP contribution in [-0.2, 0) is 14.4 Å². The predicted octanol–water partition coefficient (Wildman–Crippen LogP) is -0.0845. The highest BCUT2D eigenvalue weighted by Gasteiger charge is 2.14. The molecule has 124 valence electrons. The molecule has 1 aromatic rings. The maximum Gasteiger partial charge on any atom is 0.329 e. The summed E-state index contributed by atoms with van der Waals surface area (Å²) in [4.78, 5) is 33.8. The molecule has 0 aliphatic carbocycles. The maximum absolute atomic E-state index is 11.6. The van der Waals surface area contributed by atoms with Gasteiger partial charge >= 0.3 is 11.8 Å². The number of carbonyl (C=O) groups excluding carboxylic acids is 3. The molecule has 0 unspecified atom stereocenters. The van der Waals surface area contributed by atoms with Crippen LogP contribution in [0, 0.1) is 0 Å². The lowest BCUT2D eigenvalue weighted by atomic mass is 10.2. The van der Waals surface area contributed by atoms with E-state index in [1.807, 2.05) is 6.92 Å². The Morgan fingerprint density at radius 3 is 2.65 bits per heavy atom. The van der Waals surface area contributed by atoms with Crippen LogP contribution in [0.5, 0.6) is 5.75 Å². The van der Waals surface area contributed by atoms with Crippen LogP contribution in [0.1, 0.15) is 25.8 Å². The highest BCUT2D eigenvalue weighted by Crippen LogP contribution is 2.15. The first-order valence-corrected chi connectivity index (χ1v) is 7.08. The standard InChI is InChI=1S/C15H20N4O4/c1-3-10(2)18-14(21)15(22)19-17-8-11-6-4-5-7-12(11)23-9-13(16)20/h4-8,10H,3,9H2,1-2H3,(H2,16,20)(H,18,21)(H,19,22)/b17-8-/t10-/m0/s1. The van der Waals surface area contributed by atoms with E-state index in [9.17, 15) is 14.4 Å².